The van der Waals surface area contributed by atoms with Gasteiger partial charge in [-0.05, 0) is 31.6 Å². The van der Waals surface area contributed by atoms with Gasteiger partial charge in [0.2, 0.25) is 0 Å². The van der Waals surface area contributed by atoms with Gasteiger partial charge in [0, 0.05) is 18.9 Å². The van der Waals surface area contributed by atoms with Crippen molar-refractivity contribution in [2.24, 2.45) is 11.8 Å². The fourth-order valence-corrected chi connectivity index (χ4v) is 3.14. The van der Waals surface area contributed by atoms with Crippen LogP contribution in [0.3, 0.4) is 0 Å². The van der Waals surface area contributed by atoms with Crippen LogP contribution in [0, 0.1) is 5.92 Å². The van der Waals surface area contributed by atoms with Crippen molar-refractivity contribution in [3.63, 3.8) is 0 Å². The number of hydrogen-bond acceptors (Lipinski definition) is 5. The number of nitrogens with one attached hydrogen (secondary N) is 1. The zero-order valence-corrected chi connectivity index (χ0v) is 12.8. The third-order valence-electron chi connectivity index (χ3n) is 4.19. The van der Waals surface area contributed by atoms with Gasteiger partial charge >= 0.3 is 0 Å². The van der Waals surface area contributed by atoms with Gasteiger partial charge in [-0.25, -0.2) is 15.8 Å². The molecule has 20 heavy (non-hydrogen) atoms. The second kappa shape index (κ2) is 6.50. The van der Waals surface area contributed by atoms with Crippen molar-refractivity contribution in [3.8, 4) is 0 Å². The number of methoxy groups -OCH3 is 1. The molecule has 0 aliphatic heterocycles. The van der Waals surface area contributed by atoms with Gasteiger partial charge in [-0.3, -0.25) is 0 Å². The van der Waals surface area contributed by atoms with E-state index < -0.39 is 0 Å². The summed E-state index contributed by atoms with van der Waals surface area (Å²) in [6.07, 6.45) is 6.34. The van der Waals surface area contributed by atoms with Crippen LogP contribution in [0.2, 0.25) is 0 Å². The summed E-state index contributed by atoms with van der Waals surface area (Å²) in [4.78, 5) is 9.30. The maximum atomic E-state index is 5.87. The summed E-state index contributed by atoms with van der Waals surface area (Å²) >= 11 is 0. The first-order valence-electron chi connectivity index (χ1n) is 7.53. The Morgan fingerprint density at radius 3 is 2.90 bits per heavy atom. The molecule has 0 radical (unpaired) electrons. The first kappa shape index (κ1) is 15.2. The fraction of sp³-hybridized carbons (Fsp3) is 0.733. The van der Waals surface area contributed by atoms with E-state index >= 15 is 0 Å². The molecule has 112 valence electrons. The molecule has 1 heterocycles. The summed E-state index contributed by atoms with van der Waals surface area (Å²) in [5.74, 6) is 7.64. The van der Waals surface area contributed by atoms with E-state index in [1.807, 2.05) is 6.07 Å². The van der Waals surface area contributed by atoms with E-state index in [9.17, 15) is 0 Å². The first-order chi connectivity index (χ1) is 9.63. The van der Waals surface area contributed by atoms with Crippen LogP contribution in [0.5, 0.6) is 0 Å². The van der Waals surface area contributed by atoms with Crippen LogP contribution in [-0.4, -0.2) is 17.1 Å². The molecular formula is C15H26N4O. The Morgan fingerprint density at radius 1 is 1.50 bits per heavy atom. The maximum absolute atomic E-state index is 5.87. The smallest absolute Gasteiger partial charge is 0.162 e. The van der Waals surface area contributed by atoms with E-state index in [1.54, 1.807) is 7.11 Å². The minimum atomic E-state index is -0.354. The van der Waals surface area contributed by atoms with Gasteiger partial charge in [-0.1, -0.05) is 26.7 Å². The van der Waals surface area contributed by atoms with Crippen molar-refractivity contribution in [3.05, 3.63) is 17.6 Å². The summed E-state index contributed by atoms with van der Waals surface area (Å²) in [5.41, 5.74) is 3.32. The van der Waals surface area contributed by atoms with Crippen LogP contribution in [0.15, 0.2) is 6.07 Å². The number of nitrogens with two attached hydrogens (primary N) is 1. The zero-order chi connectivity index (χ0) is 14.6. The number of hydrazine groups is 1. The average Bonchev–Trinajstić information content (AvgIpc) is 2.47. The van der Waals surface area contributed by atoms with E-state index in [0.29, 0.717) is 11.7 Å². The van der Waals surface area contributed by atoms with Crippen LogP contribution >= 0.6 is 0 Å². The van der Waals surface area contributed by atoms with Crippen LogP contribution < -0.4 is 11.3 Å². The minimum absolute atomic E-state index is 0.354. The lowest BCUT2D eigenvalue weighted by molar-refractivity contribution is -0.0646. The molecule has 1 aliphatic rings. The third-order valence-corrected chi connectivity index (χ3v) is 4.19. The number of aromatic nitrogens is 2. The molecule has 1 aromatic heterocycles. The molecule has 0 amide bonds. The van der Waals surface area contributed by atoms with Crippen LogP contribution in [0.4, 0.5) is 5.82 Å². The van der Waals surface area contributed by atoms with Gasteiger partial charge in [0.25, 0.3) is 0 Å². The van der Waals surface area contributed by atoms with Gasteiger partial charge < -0.3 is 10.2 Å². The predicted octanol–water partition coefficient (Wildman–Crippen LogP) is 2.77. The highest BCUT2D eigenvalue weighted by molar-refractivity contribution is 5.35. The highest BCUT2D eigenvalue weighted by Crippen LogP contribution is 2.41. The number of anilines is 1. The zero-order valence-electron chi connectivity index (χ0n) is 12.8. The number of rotatable bonds is 5. The third kappa shape index (κ3) is 3.10. The molecule has 1 saturated carbocycles. The lowest BCUT2D eigenvalue weighted by Crippen LogP contribution is -2.36. The van der Waals surface area contributed by atoms with Crippen molar-refractivity contribution in [1.82, 2.24) is 9.97 Å². The van der Waals surface area contributed by atoms with Crippen LogP contribution in [0.25, 0.3) is 0 Å². The lowest BCUT2D eigenvalue weighted by Gasteiger charge is -2.37. The molecule has 5 nitrogen and oxygen atoms in total. The molecular weight excluding hydrogens is 252 g/mol. The molecule has 2 unspecified atom stereocenters. The molecule has 1 fully saturated rings. The van der Waals surface area contributed by atoms with Crippen molar-refractivity contribution in [2.45, 2.75) is 58.0 Å². The molecule has 5 heteroatoms. The van der Waals surface area contributed by atoms with E-state index in [4.69, 9.17) is 15.6 Å². The monoisotopic (exact) mass is 278 g/mol. The van der Waals surface area contributed by atoms with Crippen molar-refractivity contribution < 1.29 is 4.74 Å². The molecule has 0 bridgehead atoms. The van der Waals surface area contributed by atoms with Crippen LogP contribution in [-0.2, 0) is 16.8 Å². The Labute approximate surface area is 121 Å². The summed E-state index contributed by atoms with van der Waals surface area (Å²) in [6.45, 7) is 4.41. The average molecular weight is 278 g/mol. The lowest BCUT2D eigenvalue weighted by atomic mass is 9.78. The SMILES string of the molecule is CCCc1cc(NN)nc(C2(OC)CCCC(C)C2)n1. The summed E-state index contributed by atoms with van der Waals surface area (Å²) < 4.78 is 5.87. The maximum Gasteiger partial charge on any atom is 0.162 e. The predicted molar refractivity (Wildman–Crippen MR) is 80.2 cm³/mol. The quantitative estimate of drug-likeness (QED) is 0.640. The Bertz CT molecular complexity index is 451. The molecule has 2 atom stereocenters. The largest absolute Gasteiger partial charge is 0.370 e. The standard InChI is InChI=1S/C15H26N4O/c1-4-6-12-9-13(19-16)18-14(17-12)15(20-3)8-5-7-11(2)10-15/h9,11H,4-8,10,16H2,1-3H3,(H,17,18,19). The Kier molecular flexibility index (Phi) is 4.94. The van der Waals surface area contributed by atoms with Crippen LogP contribution in [0.1, 0.15) is 57.5 Å². The molecule has 0 spiro atoms. The molecule has 3 N–H and O–H groups in total. The Morgan fingerprint density at radius 2 is 2.30 bits per heavy atom. The van der Waals surface area contributed by atoms with E-state index in [-0.39, 0.29) is 5.60 Å². The van der Waals surface area contributed by atoms with E-state index in [0.717, 1.165) is 43.6 Å². The second-order valence-electron chi connectivity index (χ2n) is 5.86. The normalized spacial score (nSPS) is 26.5. The molecule has 2 rings (SSSR count). The minimum Gasteiger partial charge on any atom is -0.370 e. The Balaban J connectivity index is 2.39. The summed E-state index contributed by atoms with van der Waals surface area (Å²) in [5, 5.41) is 0. The highest BCUT2D eigenvalue weighted by Gasteiger charge is 2.39. The van der Waals surface area contributed by atoms with E-state index in [2.05, 4.69) is 24.3 Å². The molecule has 0 aromatic carbocycles. The summed E-state index contributed by atoms with van der Waals surface area (Å²) in [7, 11) is 1.77. The topological polar surface area (TPSA) is 73.1 Å². The van der Waals surface area contributed by atoms with Crippen molar-refractivity contribution >= 4 is 5.82 Å². The highest BCUT2D eigenvalue weighted by atomic mass is 16.5. The molecule has 0 saturated heterocycles. The van der Waals surface area contributed by atoms with Gasteiger partial charge in [-0.15, -0.1) is 0 Å². The summed E-state index contributed by atoms with van der Waals surface area (Å²) in [6, 6.07) is 1.92. The van der Waals surface area contributed by atoms with E-state index in [1.165, 1.54) is 6.42 Å². The van der Waals surface area contributed by atoms with Gasteiger partial charge in [-0.2, -0.15) is 0 Å². The number of aryl methyl sites for hydroxylation is 1. The molecule has 1 aromatic rings. The number of nitrogen functional groups attached to an aromatic ring is 1. The fourth-order valence-electron chi connectivity index (χ4n) is 3.14. The first-order valence-corrected chi connectivity index (χ1v) is 7.53. The van der Waals surface area contributed by atoms with Gasteiger partial charge in [0.05, 0.1) is 0 Å². The van der Waals surface area contributed by atoms with Crippen molar-refractivity contribution in [2.75, 3.05) is 12.5 Å². The number of ether oxygens (including phenoxy) is 1. The van der Waals surface area contributed by atoms with Gasteiger partial charge in [0.1, 0.15) is 11.4 Å². The van der Waals surface area contributed by atoms with Crippen molar-refractivity contribution in [1.29, 1.82) is 0 Å². The Hall–Kier alpha value is -1.20. The number of hydrogen-bond donors (Lipinski definition) is 2. The van der Waals surface area contributed by atoms with Gasteiger partial charge in [0.15, 0.2) is 5.82 Å². The molecule has 1 aliphatic carbocycles. The number of nitrogens with zero attached hydrogens (tertiary/aromatic N) is 2. The second-order valence-corrected chi connectivity index (χ2v) is 5.86.